The number of aliphatic hydroxyl groups is 1. The van der Waals surface area contributed by atoms with Gasteiger partial charge in [-0.25, -0.2) is 0 Å². The molecule has 0 aliphatic carbocycles. The summed E-state index contributed by atoms with van der Waals surface area (Å²) in [5.74, 6) is 0.146. The number of carbonyl (C=O) groups excluding carboxylic acids is 2. The summed E-state index contributed by atoms with van der Waals surface area (Å²) in [4.78, 5) is 31.8. The van der Waals surface area contributed by atoms with E-state index in [1.54, 1.807) is 30.5 Å². The van der Waals surface area contributed by atoms with Gasteiger partial charge in [0.2, 0.25) is 23.5 Å². The van der Waals surface area contributed by atoms with E-state index in [0.717, 1.165) is 0 Å². The van der Waals surface area contributed by atoms with Crippen molar-refractivity contribution in [3.8, 4) is 23.0 Å². The first-order valence-electron chi connectivity index (χ1n) is 9.28. The summed E-state index contributed by atoms with van der Waals surface area (Å²) in [7, 11) is 0. The number of aliphatic hydroxyl groups excluding tert-OH is 1. The molecule has 0 bridgehead atoms. The Morgan fingerprint density at radius 3 is 2.17 bits per heavy atom. The van der Waals surface area contributed by atoms with Crippen LogP contribution >= 0.6 is 0 Å². The molecular weight excluding hydrogens is 388 g/mol. The van der Waals surface area contributed by atoms with Crippen molar-refractivity contribution in [3.05, 3.63) is 42.7 Å². The standard InChI is InChI=1S/C19H20N8O3/c28-11-10-21-16(29)5-3-6-17(30)23-13-7-8-15(22-12-13)19-26-24-18(25-27-19)14-4-1-2-9-20-14/h1-2,4,7-9,12,28H,3,5-6,10-11H2,(H,21,29)(H,23,30). The van der Waals surface area contributed by atoms with Crippen molar-refractivity contribution < 1.29 is 14.7 Å². The van der Waals surface area contributed by atoms with Gasteiger partial charge in [-0.05, 0) is 30.7 Å². The number of nitrogens with one attached hydrogen (secondary N) is 2. The molecule has 0 aliphatic heterocycles. The van der Waals surface area contributed by atoms with Crippen LogP contribution in [0.25, 0.3) is 23.0 Å². The average molecular weight is 408 g/mol. The van der Waals surface area contributed by atoms with Crippen LogP contribution in [0.5, 0.6) is 0 Å². The van der Waals surface area contributed by atoms with E-state index in [2.05, 4.69) is 41.0 Å². The van der Waals surface area contributed by atoms with Crippen LogP contribution in [0.15, 0.2) is 42.7 Å². The zero-order chi connectivity index (χ0) is 21.2. The van der Waals surface area contributed by atoms with E-state index in [0.29, 0.717) is 29.3 Å². The maximum atomic E-state index is 12.0. The highest BCUT2D eigenvalue weighted by molar-refractivity contribution is 5.90. The Morgan fingerprint density at radius 1 is 0.867 bits per heavy atom. The van der Waals surface area contributed by atoms with Crippen LogP contribution in [-0.2, 0) is 9.59 Å². The van der Waals surface area contributed by atoms with Gasteiger partial charge in [-0.15, -0.1) is 20.4 Å². The van der Waals surface area contributed by atoms with Crippen LogP contribution < -0.4 is 10.6 Å². The summed E-state index contributed by atoms with van der Waals surface area (Å²) in [6.07, 6.45) is 3.93. The van der Waals surface area contributed by atoms with Gasteiger partial charge in [0, 0.05) is 25.6 Å². The highest BCUT2D eigenvalue weighted by Crippen LogP contribution is 2.15. The summed E-state index contributed by atoms with van der Waals surface area (Å²) in [5, 5.41) is 30.0. The van der Waals surface area contributed by atoms with Crippen LogP contribution in [0.4, 0.5) is 5.69 Å². The molecule has 3 aromatic heterocycles. The van der Waals surface area contributed by atoms with Gasteiger partial charge >= 0.3 is 0 Å². The lowest BCUT2D eigenvalue weighted by Gasteiger charge is -2.06. The third kappa shape index (κ3) is 6.07. The van der Waals surface area contributed by atoms with Gasteiger partial charge in [0.15, 0.2) is 0 Å². The van der Waals surface area contributed by atoms with Crippen LogP contribution in [-0.4, -0.2) is 60.4 Å². The average Bonchev–Trinajstić information content (AvgIpc) is 2.79. The predicted octanol–water partition coefficient (Wildman–Crippen LogP) is 0.608. The first-order valence-corrected chi connectivity index (χ1v) is 9.28. The Hall–Kier alpha value is -3.86. The van der Waals surface area contributed by atoms with Gasteiger partial charge in [0.1, 0.15) is 11.4 Å². The van der Waals surface area contributed by atoms with Gasteiger partial charge in [-0.1, -0.05) is 6.07 Å². The molecule has 0 radical (unpaired) electrons. The van der Waals surface area contributed by atoms with E-state index in [4.69, 9.17) is 5.11 Å². The van der Waals surface area contributed by atoms with Crippen molar-refractivity contribution in [1.29, 1.82) is 0 Å². The van der Waals surface area contributed by atoms with E-state index < -0.39 is 0 Å². The molecule has 0 aromatic carbocycles. The van der Waals surface area contributed by atoms with Gasteiger partial charge in [0.25, 0.3) is 0 Å². The van der Waals surface area contributed by atoms with Gasteiger partial charge in [-0.2, -0.15) is 0 Å². The molecule has 2 amide bonds. The second-order valence-electron chi connectivity index (χ2n) is 6.17. The van der Waals surface area contributed by atoms with Crippen molar-refractivity contribution in [3.63, 3.8) is 0 Å². The maximum absolute atomic E-state index is 12.0. The summed E-state index contributed by atoms with van der Waals surface area (Å²) >= 11 is 0. The van der Waals surface area contributed by atoms with E-state index >= 15 is 0 Å². The summed E-state index contributed by atoms with van der Waals surface area (Å²) < 4.78 is 0. The number of nitrogens with zero attached hydrogens (tertiary/aromatic N) is 6. The number of pyridine rings is 2. The highest BCUT2D eigenvalue weighted by Gasteiger charge is 2.10. The minimum Gasteiger partial charge on any atom is -0.395 e. The number of rotatable bonds is 9. The quantitative estimate of drug-likeness (QED) is 0.461. The molecule has 11 heteroatoms. The fourth-order valence-electron chi connectivity index (χ4n) is 2.45. The van der Waals surface area contributed by atoms with Crippen molar-refractivity contribution in [2.75, 3.05) is 18.5 Å². The SMILES string of the molecule is O=C(CCCC(=O)Nc1ccc(-c2nnc(-c3ccccn3)nn2)nc1)NCCO. The number of hydrogen-bond acceptors (Lipinski definition) is 9. The van der Waals surface area contributed by atoms with Gasteiger partial charge in [0.05, 0.1) is 18.5 Å². The van der Waals surface area contributed by atoms with Crippen LogP contribution in [0.2, 0.25) is 0 Å². The van der Waals surface area contributed by atoms with E-state index in [1.165, 1.54) is 6.20 Å². The molecule has 0 saturated carbocycles. The smallest absolute Gasteiger partial charge is 0.224 e. The molecule has 0 spiro atoms. The number of hydrogen-bond donors (Lipinski definition) is 3. The molecule has 11 nitrogen and oxygen atoms in total. The third-order valence-corrected chi connectivity index (χ3v) is 3.89. The Bertz CT molecular complexity index is 965. The third-order valence-electron chi connectivity index (χ3n) is 3.89. The molecule has 0 unspecified atom stereocenters. The second-order valence-corrected chi connectivity index (χ2v) is 6.17. The predicted molar refractivity (Wildman–Crippen MR) is 107 cm³/mol. The Labute approximate surface area is 172 Å². The minimum atomic E-state index is -0.223. The molecule has 0 aliphatic rings. The van der Waals surface area contributed by atoms with Crippen molar-refractivity contribution >= 4 is 17.5 Å². The Balaban J connectivity index is 1.51. The Kier molecular flexibility index (Phi) is 7.39. The fourth-order valence-corrected chi connectivity index (χ4v) is 2.45. The molecule has 3 heterocycles. The molecular formula is C19H20N8O3. The largest absolute Gasteiger partial charge is 0.395 e. The first-order chi connectivity index (χ1) is 14.7. The summed E-state index contributed by atoms with van der Waals surface area (Å²) in [5.41, 5.74) is 1.54. The monoisotopic (exact) mass is 408 g/mol. The summed E-state index contributed by atoms with van der Waals surface area (Å²) in [6.45, 7) is 0.102. The lowest BCUT2D eigenvalue weighted by Crippen LogP contribution is -2.26. The van der Waals surface area contributed by atoms with Gasteiger partial charge in [-0.3, -0.25) is 19.6 Å². The topological polar surface area (TPSA) is 156 Å². The zero-order valence-electron chi connectivity index (χ0n) is 16.0. The number of aromatic nitrogens is 6. The first kappa shape index (κ1) is 20.9. The number of anilines is 1. The second kappa shape index (κ2) is 10.6. The summed E-state index contributed by atoms with van der Waals surface area (Å²) in [6, 6.07) is 8.69. The number of amides is 2. The molecule has 30 heavy (non-hydrogen) atoms. The van der Waals surface area contributed by atoms with E-state index in [1.807, 2.05) is 6.07 Å². The Morgan fingerprint density at radius 2 is 1.57 bits per heavy atom. The normalized spacial score (nSPS) is 10.4. The van der Waals surface area contributed by atoms with E-state index in [9.17, 15) is 9.59 Å². The fraction of sp³-hybridized carbons (Fsp3) is 0.263. The lowest BCUT2D eigenvalue weighted by molar-refractivity contribution is -0.121. The zero-order valence-corrected chi connectivity index (χ0v) is 16.0. The van der Waals surface area contributed by atoms with Crippen molar-refractivity contribution in [2.45, 2.75) is 19.3 Å². The number of carbonyl (C=O) groups is 2. The highest BCUT2D eigenvalue weighted by atomic mass is 16.3. The molecule has 0 fully saturated rings. The molecule has 0 atom stereocenters. The molecule has 154 valence electrons. The minimum absolute atomic E-state index is 0.110. The van der Waals surface area contributed by atoms with Crippen molar-refractivity contribution in [2.24, 2.45) is 0 Å². The van der Waals surface area contributed by atoms with Crippen LogP contribution in [0, 0.1) is 0 Å². The molecule has 0 saturated heterocycles. The maximum Gasteiger partial charge on any atom is 0.224 e. The molecule has 3 aromatic rings. The van der Waals surface area contributed by atoms with Gasteiger partial charge < -0.3 is 15.7 Å². The van der Waals surface area contributed by atoms with Crippen molar-refractivity contribution in [1.82, 2.24) is 35.7 Å². The van der Waals surface area contributed by atoms with Crippen LogP contribution in [0.3, 0.4) is 0 Å². The molecule has 3 N–H and O–H groups in total. The van der Waals surface area contributed by atoms with E-state index in [-0.39, 0.29) is 43.6 Å². The van der Waals surface area contributed by atoms with Crippen LogP contribution in [0.1, 0.15) is 19.3 Å². The molecule has 3 rings (SSSR count). The lowest BCUT2D eigenvalue weighted by atomic mass is 10.2.